The lowest BCUT2D eigenvalue weighted by Gasteiger charge is -2.10. The zero-order chi connectivity index (χ0) is 18.5. The van der Waals surface area contributed by atoms with Crippen LogP contribution in [0.2, 0.25) is 0 Å². The molecule has 9 heteroatoms. The summed E-state index contributed by atoms with van der Waals surface area (Å²) in [6, 6.07) is 18.3. The maximum Gasteiger partial charge on any atom is 0.318 e. The van der Waals surface area contributed by atoms with Gasteiger partial charge in [0.15, 0.2) is 0 Å². The summed E-state index contributed by atoms with van der Waals surface area (Å²) < 4.78 is 0. The molecule has 1 aromatic heterocycles. The van der Waals surface area contributed by atoms with Gasteiger partial charge in [0.2, 0.25) is 11.6 Å². The predicted octanol–water partition coefficient (Wildman–Crippen LogP) is 4.39. The maximum absolute atomic E-state index is 11.3. The summed E-state index contributed by atoms with van der Waals surface area (Å²) in [4.78, 5) is 25.4. The van der Waals surface area contributed by atoms with Crippen LogP contribution in [-0.4, -0.2) is 14.8 Å². The number of nitrogens with zero attached hydrogens (tertiary/aromatic N) is 3. The highest BCUT2D eigenvalue weighted by atomic mass is 16.6. The molecule has 2 aromatic carbocycles. The predicted molar refractivity (Wildman–Crippen MR) is 97.0 cm³/mol. The van der Waals surface area contributed by atoms with E-state index < -0.39 is 21.2 Å². The van der Waals surface area contributed by atoms with Gasteiger partial charge in [0.1, 0.15) is 6.07 Å². The summed E-state index contributed by atoms with van der Waals surface area (Å²) in [5.41, 5.74) is 0.170. The molecule has 0 fully saturated rings. The van der Waals surface area contributed by atoms with E-state index >= 15 is 0 Å². The Bertz CT molecular complexity index is 873. The molecule has 9 nitrogen and oxygen atoms in total. The van der Waals surface area contributed by atoms with Gasteiger partial charge in [-0.05, 0) is 24.3 Å². The third kappa shape index (κ3) is 3.73. The van der Waals surface area contributed by atoms with Crippen molar-refractivity contribution in [2.24, 2.45) is 0 Å². The summed E-state index contributed by atoms with van der Waals surface area (Å²) in [6.07, 6.45) is 0. The van der Waals surface area contributed by atoms with Gasteiger partial charge in [0.05, 0.1) is 9.85 Å². The lowest BCUT2D eigenvalue weighted by molar-refractivity contribution is -0.393. The van der Waals surface area contributed by atoms with Gasteiger partial charge in [-0.2, -0.15) is 4.98 Å². The summed E-state index contributed by atoms with van der Waals surface area (Å²) in [5.74, 6) is -0.185. The second kappa shape index (κ2) is 7.26. The van der Waals surface area contributed by atoms with Crippen molar-refractivity contribution in [1.29, 1.82) is 0 Å². The number of para-hydroxylation sites is 2. The van der Waals surface area contributed by atoms with E-state index in [0.29, 0.717) is 11.4 Å². The fourth-order valence-corrected chi connectivity index (χ4v) is 2.27. The minimum Gasteiger partial charge on any atom is -0.334 e. The second-order valence-electron chi connectivity index (χ2n) is 5.22. The van der Waals surface area contributed by atoms with E-state index in [2.05, 4.69) is 15.6 Å². The molecular weight excluding hydrogens is 338 g/mol. The largest absolute Gasteiger partial charge is 0.334 e. The molecule has 0 atom stereocenters. The minimum absolute atomic E-state index is 0.0924. The zero-order valence-corrected chi connectivity index (χ0v) is 13.3. The van der Waals surface area contributed by atoms with E-state index in [1.807, 2.05) is 0 Å². The van der Waals surface area contributed by atoms with Crippen LogP contribution < -0.4 is 10.6 Å². The van der Waals surface area contributed by atoms with Crippen LogP contribution >= 0.6 is 0 Å². The molecule has 3 aromatic rings. The molecule has 0 saturated heterocycles. The van der Waals surface area contributed by atoms with Gasteiger partial charge in [-0.3, -0.25) is 20.2 Å². The van der Waals surface area contributed by atoms with E-state index in [9.17, 15) is 20.2 Å². The number of pyridine rings is 1. The molecule has 1 heterocycles. The molecule has 0 radical (unpaired) electrons. The Morgan fingerprint density at radius 3 is 1.42 bits per heavy atom. The minimum atomic E-state index is -0.711. The van der Waals surface area contributed by atoms with Crippen molar-refractivity contribution in [3.63, 3.8) is 0 Å². The molecule has 0 saturated carbocycles. The van der Waals surface area contributed by atoms with Gasteiger partial charge in [0.25, 0.3) is 0 Å². The number of rotatable bonds is 6. The van der Waals surface area contributed by atoms with Crippen LogP contribution in [0, 0.1) is 20.2 Å². The van der Waals surface area contributed by atoms with Crippen molar-refractivity contribution in [2.75, 3.05) is 10.6 Å². The summed E-state index contributed by atoms with van der Waals surface area (Å²) in [7, 11) is 0. The third-order valence-electron chi connectivity index (χ3n) is 3.45. The second-order valence-corrected chi connectivity index (χ2v) is 5.22. The number of benzene rings is 2. The van der Waals surface area contributed by atoms with Gasteiger partial charge in [-0.25, -0.2) is 0 Å². The molecule has 2 N–H and O–H groups in total. The van der Waals surface area contributed by atoms with Crippen molar-refractivity contribution in [3.05, 3.63) is 87.0 Å². The van der Waals surface area contributed by atoms with Gasteiger partial charge >= 0.3 is 11.4 Å². The first-order chi connectivity index (χ1) is 12.5. The molecule has 0 spiro atoms. The van der Waals surface area contributed by atoms with E-state index in [1.165, 1.54) is 0 Å². The van der Waals surface area contributed by atoms with Crippen LogP contribution in [0.15, 0.2) is 66.7 Å². The topological polar surface area (TPSA) is 123 Å². The van der Waals surface area contributed by atoms with Crippen molar-refractivity contribution >= 4 is 34.4 Å². The third-order valence-corrected chi connectivity index (χ3v) is 3.45. The Balaban J connectivity index is 2.08. The van der Waals surface area contributed by atoms with Crippen molar-refractivity contribution < 1.29 is 9.85 Å². The van der Waals surface area contributed by atoms with Crippen LogP contribution in [0.5, 0.6) is 0 Å². The van der Waals surface area contributed by atoms with Gasteiger partial charge in [-0.1, -0.05) is 36.4 Å². The molecule has 0 unspecified atom stereocenters. The average molecular weight is 351 g/mol. The Hall–Kier alpha value is -4.01. The number of anilines is 4. The van der Waals surface area contributed by atoms with Crippen LogP contribution in [0.1, 0.15) is 0 Å². The SMILES string of the molecule is O=[N+]([O-])c1cc([N+](=O)[O-])c(Nc2ccccc2)nc1Nc1ccccc1. The van der Waals surface area contributed by atoms with Crippen LogP contribution in [-0.2, 0) is 0 Å². The summed E-state index contributed by atoms with van der Waals surface area (Å²) >= 11 is 0. The van der Waals surface area contributed by atoms with Gasteiger partial charge < -0.3 is 10.6 Å². The Kier molecular flexibility index (Phi) is 4.70. The molecule has 130 valence electrons. The Morgan fingerprint density at radius 1 is 0.692 bits per heavy atom. The van der Waals surface area contributed by atoms with Crippen LogP contribution in [0.3, 0.4) is 0 Å². The van der Waals surface area contributed by atoms with E-state index in [4.69, 9.17) is 0 Å². The number of hydrogen-bond donors (Lipinski definition) is 2. The highest BCUT2D eigenvalue weighted by Crippen LogP contribution is 2.35. The highest BCUT2D eigenvalue weighted by molar-refractivity contribution is 5.75. The number of nitro groups is 2. The first kappa shape index (κ1) is 16.8. The standard InChI is InChI=1S/C17H13N5O4/c23-21(24)14-11-15(22(25)26)17(19-13-9-5-2-6-10-13)20-16(14)18-12-7-3-1-4-8-12/h1-11H,(H2,18,19,20). The van der Waals surface area contributed by atoms with Crippen LogP contribution in [0.25, 0.3) is 0 Å². The zero-order valence-electron chi connectivity index (χ0n) is 13.3. The fraction of sp³-hybridized carbons (Fsp3) is 0. The first-order valence-corrected chi connectivity index (χ1v) is 7.52. The lowest BCUT2D eigenvalue weighted by Crippen LogP contribution is -2.06. The molecule has 0 bridgehead atoms. The number of hydrogen-bond acceptors (Lipinski definition) is 7. The molecular formula is C17H13N5O4. The van der Waals surface area contributed by atoms with Gasteiger partial charge in [-0.15, -0.1) is 0 Å². The molecule has 0 aliphatic heterocycles. The van der Waals surface area contributed by atoms with Crippen molar-refractivity contribution in [1.82, 2.24) is 4.98 Å². The van der Waals surface area contributed by atoms with Crippen LogP contribution in [0.4, 0.5) is 34.4 Å². The van der Waals surface area contributed by atoms with Crippen molar-refractivity contribution in [2.45, 2.75) is 0 Å². The van der Waals surface area contributed by atoms with E-state index in [-0.39, 0.29) is 11.6 Å². The number of aromatic nitrogens is 1. The maximum atomic E-state index is 11.3. The summed E-state index contributed by atoms with van der Waals surface area (Å²) in [6.45, 7) is 0. The average Bonchev–Trinajstić information content (AvgIpc) is 2.63. The molecule has 0 aliphatic rings. The Morgan fingerprint density at radius 2 is 1.08 bits per heavy atom. The summed E-state index contributed by atoms with van der Waals surface area (Å²) in [5, 5.41) is 28.3. The first-order valence-electron chi connectivity index (χ1n) is 7.52. The van der Waals surface area contributed by atoms with Gasteiger partial charge in [0, 0.05) is 11.4 Å². The fourth-order valence-electron chi connectivity index (χ4n) is 2.27. The quantitative estimate of drug-likeness (QED) is 0.498. The molecule has 0 amide bonds. The monoisotopic (exact) mass is 351 g/mol. The molecule has 26 heavy (non-hydrogen) atoms. The normalized spacial score (nSPS) is 10.2. The van der Waals surface area contributed by atoms with E-state index in [0.717, 1.165) is 6.07 Å². The lowest BCUT2D eigenvalue weighted by atomic mass is 10.2. The highest BCUT2D eigenvalue weighted by Gasteiger charge is 2.26. The molecule has 3 rings (SSSR count). The number of nitrogens with one attached hydrogen (secondary N) is 2. The molecule has 0 aliphatic carbocycles. The van der Waals surface area contributed by atoms with Crippen molar-refractivity contribution in [3.8, 4) is 0 Å². The Labute approximate surface area is 147 Å². The van der Waals surface area contributed by atoms with E-state index in [1.54, 1.807) is 60.7 Å². The smallest absolute Gasteiger partial charge is 0.318 e.